The van der Waals surface area contributed by atoms with Crippen molar-refractivity contribution < 1.29 is 14.6 Å². The number of ether oxygens (including phenoxy) is 2. The summed E-state index contributed by atoms with van der Waals surface area (Å²) in [6.45, 7) is 5.11. The molecule has 3 aromatic rings. The number of benzene rings is 1. The Morgan fingerprint density at radius 1 is 1.21 bits per heavy atom. The number of hydrogen-bond donors (Lipinski definition) is 1. The average Bonchev–Trinajstić information content (AvgIpc) is 3.01. The molecule has 0 aliphatic carbocycles. The van der Waals surface area contributed by atoms with E-state index in [1.807, 2.05) is 54.8 Å². The number of rotatable bonds is 3. The molecular formula is C19H20N2O3. The molecule has 1 unspecified atom stereocenters. The predicted octanol–water partition coefficient (Wildman–Crippen LogP) is 3.52. The van der Waals surface area contributed by atoms with Crippen molar-refractivity contribution in [2.24, 2.45) is 0 Å². The van der Waals surface area contributed by atoms with Crippen molar-refractivity contribution >= 4 is 5.65 Å². The third kappa shape index (κ3) is 2.32. The SMILES string of the molecule is CCC(O)c1c(-c2ccc3c(c2)OCCO3)nc2c(C)cccn12. The monoisotopic (exact) mass is 324 g/mol. The van der Waals surface area contributed by atoms with E-state index in [-0.39, 0.29) is 0 Å². The molecule has 4 rings (SSSR count). The van der Waals surface area contributed by atoms with Gasteiger partial charge in [0.15, 0.2) is 11.5 Å². The summed E-state index contributed by atoms with van der Waals surface area (Å²) in [6.07, 6.45) is 2.00. The largest absolute Gasteiger partial charge is 0.486 e. The lowest BCUT2D eigenvalue weighted by atomic mass is 10.1. The lowest BCUT2D eigenvalue weighted by Gasteiger charge is -2.19. The smallest absolute Gasteiger partial charge is 0.162 e. The second-order valence-corrected chi connectivity index (χ2v) is 6.01. The van der Waals surface area contributed by atoms with Crippen LogP contribution in [-0.2, 0) is 0 Å². The van der Waals surface area contributed by atoms with Gasteiger partial charge in [0.2, 0.25) is 0 Å². The Morgan fingerprint density at radius 3 is 2.79 bits per heavy atom. The van der Waals surface area contributed by atoms with E-state index in [4.69, 9.17) is 14.5 Å². The second kappa shape index (κ2) is 5.83. The van der Waals surface area contributed by atoms with E-state index < -0.39 is 6.10 Å². The predicted molar refractivity (Wildman–Crippen MR) is 91.6 cm³/mol. The summed E-state index contributed by atoms with van der Waals surface area (Å²) >= 11 is 0. The fraction of sp³-hybridized carbons (Fsp3) is 0.316. The summed E-state index contributed by atoms with van der Waals surface area (Å²) in [7, 11) is 0. The zero-order chi connectivity index (χ0) is 16.7. The number of aromatic nitrogens is 2. The zero-order valence-corrected chi connectivity index (χ0v) is 13.8. The van der Waals surface area contributed by atoms with Crippen molar-refractivity contribution in [3.05, 3.63) is 47.8 Å². The molecule has 0 amide bonds. The molecule has 0 spiro atoms. The minimum absolute atomic E-state index is 0.547. The summed E-state index contributed by atoms with van der Waals surface area (Å²) in [5.74, 6) is 1.48. The van der Waals surface area contributed by atoms with E-state index in [0.29, 0.717) is 19.6 Å². The first-order valence-electron chi connectivity index (χ1n) is 8.24. The number of pyridine rings is 1. The van der Waals surface area contributed by atoms with E-state index in [1.54, 1.807) is 0 Å². The third-order valence-electron chi connectivity index (χ3n) is 4.40. The first-order chi connectivity index (χ1) is 11.7. The maximum Gasteiger partial charge on any atom is 0.162 e. The number of aliphatic hydroxyl groups is 1. The molecule has 0 saturated carbocycles. The maximum absolute atomic E-state index is 10.6. The summed E-state index contributed by atoms with van der Waals surface area (Å²) in [4.78, 5) is 4.81. The highest BCUT2D eigenvalue weighted by atomic mass is 16.6. The number of aliphatic hydroxyl groups excluding tert-OH is 1. The van der Waals surface area contributed by atoms with Gasteiger partial charge in [-0.15, -0.1) is 0 Å². The standard InChI is InChI=1S/C19H20N2O3/c1-3-14(22)18-17(20-19-12(2)5-4-8-21(18)19)13-6-7-15-16(11-13)24-10-9-23-15/h4-8,11,14,22H,3,9-10H2,1-2H3. The number of fused-ring (bicyclic) bond motifs is 2. The van der Waals surface area contributed by atoms with Crippen molar-refractivity contribution in [2.45, 2.75) is 26.4 Å². The van der Waals surface area contributed by atoms with Gasteiger partial charge in [-0.2, -0.15) is 0 Å². The quantitative estimate of drug-likeness (QED) is 0.801. The van der Waals surface area contributed by atoms with Crippen LogP contribution in [0.4, 0.5) is 0 Å². The van der Waals surface area contributed by atoms with Crippen LogP contribution in [0, 0.1) is 6.92 Å². The highest BCUT2D eigenvalue weighted by molar-refractivity contribution is 5.71. The zero-order valence-electron chi connectivity index (χ0n) is 13.8. The fourth-order valence-electron chi connectivity index (χ4n) is 3.14. The van der Waals surface area contributed by atoms with Gasteiger partial charge in [-0.05, 0) is 43.2 Å². The molecule has 124 valence electrons. The van der Waals surface area contributed by atoms with Gasteiger partial charge in [0.05, 0.1) is 17.5 Å². The Hall–Kier alpha value is -2.53. The number of aryl methyl sites for hydroxylation is 1. The molecule has 5 heteroatoms. The summed E-state index contributed by atoms with van der Waals surface area (Å²) < 4.78 is 13.3. The van der Waals surface area contributed by atoms with E-state index in [9.17, 15) is 5.11 Å². The molecule has 24 heavy (non-hydrogen) atoms. The van der Waals surface area contributed by atoms with Crippen LogP contribution in [0.3, 0.4) is 0 Å². The minimum atomic E-state index is -0.579. The maximum atomic E-state index is 10.6. The van der Waals surface area contributed by atoms with Crippen LogP contribution < -0.4 is 9.47 Å². The summed E-state index contributed by atoms with van der Waals surface area (Å²) in [6, 6.07) is 9.82. The van der Waals surface area contributed by atoms with Crippen LogP contribution in [0.5, 0.6) is 11.5 Å². The molecule has 1 aliphatic rings. The first kappa shape index (κ1) is 15.0. The molecule has 0 radical (unpaired) electrons. The second-order valence-electron chi connectivity index (χ2n) is 6.01. The fourth-order valence-corrected chi connectivity index (χ4v) is 3.14. The van der Waals surface area contributed by atoms with E-state index in [1.165, 1.54) is 0 Å². The molecule has 0 saturated heterocycles. The van der Waals surface area contributed by atoms with Gasteiger partial charge in [0, 0.05) is 11.8 Å². The first-order valence-corrected chi connectivity index (χ1v) is 8.24. The van der Waals surface area contributed by atoms with Crippen LogP contribution in [0.1, 0.15) is 30.7 Å². The van der Waals surface area contributed by atoms with Crippen LogP contribution in [-0.4, -0.2) is 27.7 Å². The molecule has 0 bridgehead atoms. The Kier molecular flexibility index (Phi) is 3.65. The molecule has 2 aromatic heterocycles. The van der Waals surface area contributed by atoms with Gasteiger partial charge in [-0.25, -0.2) is 4.98 Å². The minimum Gasteiger partial charge on any atom is -0.486 e. The molecule has 1 atom stereocenters. The van der Waals surface area contributed by atoms with Gasteiger partial charge in [0.1, 0.15) is 18.9 Å². The summed E-state index contributed by atoms with van der Waals surface area (Å²) in [5.41, 5.74) is 4.46. The van der Waals surface area contributed by atoms with Gasteiger partial charge in [-0.1, -0.05) is 13.0 Å². The number of nitrogens with zero attached hydrogens (tertiary/aromatic N) is 2. The van der Waals surface area contributed by atoms with E-state index in [2.05, 4.69) is 0 Å². The van der Waals surface area contributed by atoms with Crippen LogP contribution in [0.2, 0.25) is 0 Å². The Balaban J connectivity index is 1.94. The van der Waals surface area contributed by atoms with E-state index in [0.717, 1.165) is 39.7 Å². The van der Waals surface area contributed by atoms with Gasteiger partial charge in [-0.3, -0.25) is 0 Å². The number of hydrogen-bond acceptors (Lipinski definition) is 4. The van der Waals surface area contributed by atoms with Crippen molar-refractivity contribution in [1.82, 2.24) is 9.38 Å². The van der Waals surface area contributed by atoms with Crippen molar-refractivity contribution in [1.29, 1.82) is 0 Å². The van der Waals surface area contributed by atoms with Crippen molar-refractivity contribution in [2.75, 3.05) is 13.2 Å². The molecular weight excluding hydrogens is 304 g/mol. The summed E-state index contributed by atoms with van der Waals surface area (Å²) in [5, 5.41) is 10.6. The van der Waals surface area contributed by atoms with Crippen LogP contribution in [0.15, 0.2) is 36.5 Å². The Morgan fingerprint density at radius 2 is 2.00 bits per heavy atom. The van der Waals surface area contributed by atoms with E-state index >= 15 is 0 Å². The topological polar surface area (TPSA) is 56.0 Å². The molecule has 0 fully saturated rings. The molecule has 3 heterocycles. The van der Waals surface area contributed by atoms with Crippen LogP contribution >= 0.6 is 0 Å². The highest BCUT2D eigenvalue weighted by Crippen LogP contribution is 2.37. The van der Waals surface area contributed by atoms with Gasteiger partial charge < -0.3 is 19.0 Å². The molecule has 1 aliphatic heterocycles. The molecule has 5 nitrogen and oxygen atoms in total. The Bertz CT molecular complexity index is 901. The third-order valence-corrected chi connectivity index (χ3v) is 4.40. The van der Waals surface area contributed by atoms with Crippen molar-refractivity contribution in [3.8, 4) is 22.8 Å². The van der Waals surface area contributed by atoms with Crippen LogP contribution in [0.25, 0.3) is 16.9 Å². The Labute approximate surface area is 140 Å². The highest BCUT2D eigenvalue weighted by Gasteiger charge is 2.22. The average molecular weight is 324 g/mol. The molecule has 1 N–H and O–H groups in total. The van der Waals surface area contributed by atoms with Crippen molar-refractivity contribution in [3.63, 3.8) is 0 Å². The molecule has 1 aromatic carbocycles. The normalized spacial score (nSPS) is 14.8. The number of imidazole rings is 1. The lowest BCUT2D eigenvalue weighted by Crippen LogP contribution is -2.15. The van der Waals surface area contributed by atoms with Gasteiger partial charge >= 0.3 is 0 Å². The lowest BCUT2D eigenvalue weighted by molar-refractivity contribution is 0.168. The van der Waals surface area contributed by atoms with Gasteiger partial charge in [0.25, 0.3) is 0 Å².